The second kappa shape index (κ2) is 6.81. The van der Waals surface area contributed by atoms with E-state index in [4.69, 9.17) is 0 Å². The van der Waals surface area contributed by atoms with E-state index in [0.29, 0.717) is 16.8 Å². The molecule has 1 aliphatic heterocycles. The number of amides is 2. The molecule has 1 saturated heterocycles. The van der Waals surface area contributed by atoms with Gasteiger partial charge in [-0.25, -0.2) is 0 Å². The number of alkyl halides is 3. The fraction of sp³-hybridized carbons (Fsp3) is 0.353. The van der Waals surface area contributed by atoms with E-state index < -0.39 is 29.6 Å². The Bertz CT molecular complexity index is 907. The van der Waals surface area contributed by atoms with Crippen LogP contribution in [0, 0.1) is 0 Å². The summed E-state index contributed by atoms with van der Waals surface area (Å²) in [5.74, 6) is -2.72. The minimum Gasteiger partial charge on any atom is -0.350 e. The molecule has 1 unspecified atom stereocenters. The number of para-hydroxylation sites is 1. The quantitative estimate of drug-likeness (QED) is 0.866. The molecule has 0 radical (unpaired) electrons. The Morgan fingerprint density at radius 1 is 1.27 bits per heavy atom. The number of likely N-dealkylation sites (tertiary alicyclic amines) is 1. The Morgan fingerprint density at radius 3 is 2.73 bits per heavy atom. The molecule has 9 heteroatoms. The van der Waals surface area contributed by atoms with Gasteiger partial charge in [0.1, 0.15) is 6.04 Å². The summed E-state index contributed by atoms with van der Waals surface area (Å²) in [6.45, 7) is -0.253. The van der Waals surface area contributed by atoms with Crippen molar-refractivity contribution in [2.75, 3.05) is 6.54 Å². The number of carbonyl (C=O) groups is 2. The maximum Gasteiger partial charge on any atom is 0.471 e. The van der Waals surface area contributed by atoms with Crippen LogP contribution in [0.5, 0.6) is 0 Å². The third-order valence-corrected chi connectivity index (χ3v) is 4.34. The molecular formula is C17H16F3N3O3. The van der Waals surface area contributed by atoms with Crippen LogP contribution in [-0.2, 0) is 16.1 Å². The second-order valence-electron chi connectivity index (χ2n) is 6.08. The van der Waals surface area contributed by atoms with Gasteiger partial charge in [-0.2, -0.15) is 13.2 Å². The van der Waals surface area contributed by atoms with E-state index in [-0.39, 0.29) is 25.1 Å². The predicted molar refractivity (Wildman–Crippen MR) is 87.2 cm³/mol. The number of pyridine rings is 1. The van der Waals surface area contributed by atoms with E-state index in [1.54, 1.807) is 30.3 Å². The Kier molecular flexibility index (Phi) is 4.71. The number of nitrogens with zero attached hydrogens (tertiary/aromatic N) is 1. The Hall–Kier alpha value is -2.84. The molecule has 2 amide bonds. The summed E-state index contributed by atoms with van der Waals surface area (Å²) in [6.07, 6.45) is -4.55. The Morgan fingerprint density at radius 2 is 2.00 bits per heavy atom. The summed E-state index contributed by atoms with van der Waals surface area (Å²) >= 11 is 0. The molecule has 2 heterocycles. The zero-order valence-corrected chi connectivity index (χ0v) is 13.6. The lowest BCUT2D eigenvalue weighted by atomic mass is 10.1. The van der Waals surface area contributed by atoms with Gasteiger partial charge in [0.05, 0.1) is 0 Å². The first kappa shape index (κ1) is 18.0. The molecule has 1 aromatic carbocycles. The fourth-order valence-electron chi connectivity index (χ4n) is 3.07. The van der Waals surface area contributed by atoms with Crippen LogP contribution in [0.4, 0.5) is 13.2 Å². The highest BCUT2D eigenvalue weighted by atomic mass is 19.4. The van der Waals surface area contributed by atoms with Crippen molar-refractivity contribution in [1.29, 1.82) is 0 Å². The van der Waals surface area contributed by atoms with E-state index in [2.05, 4.69) is 10.3 Å². The van der Waals surface area contributed by atoms with Crippen molar-refractivity contribution in [1.82, 2.24) is 15.2 Å². The number of fused-ring (bicyclic) bond motifs is 1. The summed E-state index contributed by atoms with van der Waals surface area (Å²) in [5.41, 5.74) is 0.535. The molecule has 2 N–H and O–H groups in total. The minimum atomic E-state index is -5.02. The normalized spacial score (nSPS) is 17.5. The highest BCUT2D eigenvalue weighted by molar-refractivity contribution is 5.90. The molecular weight excluding hydrogens is 351 g/mol. The van der Waals surface area contributed by atoms with Crippen LogP contribution in [0.3, 0.4) is 0 Å². The minimum absolute atomic E-state index is 0.118. The van der Waals surface area contributed by atoms with Crippen LogP contribution in [0.15, 0.2) is 35.1 Å². The number of hydrogen-bond acceptors (Lipinski definition) is 3. The predicted octanol–water partition coefficient (Wildman–Crippen LogP) is 1.70. The van der Waals surface area contributed by atoms with Crippen molar-refractivity contribution in [2.45, 2.75) is 31.6 Å². The topological polar surface area (TPSA) is 82.3 Å². The van der Waals surface area contributed by atoms with Gasteiger partial charge >= 0.3 is 12.1 Å². The SMILES string of the molecule is O=C(NCc1cc2ccccc2[nH]c1=O)C1CCCN1C(=O)C(F)(F)F. The maximum absolute atomic E-state index is 12.6. The van der Waals surface area contributed by atoms with Gasteiger partial charge in [0, 0.05) is 24.2 Å². The van der Waals surface area contributed by atoms with Gasteiger partial charge in [-0.1, -0.05) is 18.2 Å². The zero-order chi connectivity index (χ0) is 18.9. The molecule has 2 aromatic rings. The lowest BCUT2D eigenvalue weighted by molar-refractivity contribution is -0.186. The molecule has 0 aliphatic carbocycles. The van der Waals surface area contributed by atoms with Crippen molar-refractivity contribution in [2.24, 2.45) is 0 Å². The lowest BCUT2D eigenvalue weighted by Gasteiger charge is -2.24. The maximum atomic E-state index is 12.6. The van der Waals surface area contributed by atoms with E-state index in [1.165, 1.54) is 0 Å². The van der Waals surface area contributed by atoms with Gasteiger partial charge in [-0.15, -0.1) is 0 Å². The molecule has 1 fully saturated rings. The largest absolute Gasteiger partial charge is 0.471 e. The third-order valence-electron chi connectivity index (χ3n) is 4.34. The number of hydrogen-bond donors (Lipinski definition) is 2. The average molecular weight is 367 g/mol. The molecule has 3 rings (SSSR count). The zero-order valence-electron chi connectivity index (χ0n) is 13.6. The highest BCUT2D eigenvalue weighted by Crippen LogP contribution is 2.25. The van der Waals surface area contributed by atoms with Gasteiger partial charge < -0.3 is 15.2 Å². The molecule has 0 bridgehead atoms. The van der Waals surface area contributed by atoms with Crippen LogP contribution < -0.4 is 10.9 Å². The Balaban J connectivity index is 1.71. The molecule has 0 spiro atoms. The number of halogens is 3. The average Bonchev–Trinajstić information content (AvgIpc) is 3.07. The summed E-state index contributed by atoms with van der Waals surface area (Å²) in [4.78, 5) is 38.9. The van der Waals surface area contributed by atoms with Crippen molar-refractivity contribution in [3.8, 4) is 0 Å². The molecule has 1 aliphatic rings. The van der Waals surface area contributed by atoms with E-state index in [1.807, 2.05) is 0 Å². The fourth-order valence-corrected chi connectivity index (χ4v) is 3.07. The van der Waals surface area contributed by atoms with Crippen LogP contribution in [-0.4, -0.2) is 40.5 Å². The van der Waals surface area contributed by atoms with Crippen molar-refractivity contribution in [3.63, 3.8) is 0 Å². The number of benzene rings is 1. The summed E-state index contributed by atoms with van der Waals surface area (Å²) in [5, 5.41) is 3.23. The van der Waals surface area contributed by atoms with E-state index in [0.717, 1.165) is 5.39 Å². The summed E-state index contributed by atoms with van der Waals surface area (Å²) in [7, 11) is 0. The first-order chi connectivity index (χ1) is 12.3. The first-order valence-corrected chi connectivity index (χ1v) is 8.04. The van der Waals surface area contributed by atoms with Gasteiger partial charge in [0.25, 0.3) is 5.56 Å². The number of nitrogens with one attached hydrogen (secondary N) is 2. The van der Waals surface area contributed by atoms with Crippen molar-refractivity contribution >= 4 is 22.7 Å². The van der Waals surface area contributed by atoms with Gasteiger partial charge in [-0.3, -0.25) is 14.4 Å². The van der Waals surface area contributed by atoms with Crippen molar-refractivity contribution < 1.29 is 22.8 Å². The molecule has 138 valence electrons. The van der Waals surface area contributed by atoms with Gasteiger partial charge in [-0.05, 0) is 30.4 Å². The number of carbonyl (C=O) groups excluding carboxylic acids is 2. The molecule has 1 aromatic heterocycles. The Labute approximate surface area is 146 Å². The second-order valence-corrected chi connectivity index (χ2v) is 6.08. The van der Waals surface area contributed by atoms with Crippen LogP contribution in [0.1, 0.15) is 18.4 Å². The first-order valence-electron chi connectivity index (χ1n) is 8.04. The number of aromatic amines is 1. The highest BCUT2D eigenvalue weighted by Gasteiger charge is 2.47. The standard InChI is InChI=1S/C17H16F3N3O3/c18-17(19,20)16(26)23-7-3-6-13(23)15(25)21-9-11-8-10-4-1-2-5-12(10)22-14(11)24/h1-2,4-5,8,13H,3,6-7,9H2,(H,21,25)(H,22,24). The van der Waals surface area contributed by atoms with Gasteiger partial charge in [0.15, 0.2) is 0 Å². The third kappa shape index (κ3) is 3.56. The molecule has 0 saturated carbocycles. The smallest absolute Gasteiger partial charge is 0.350 e. The molecule has 6 nitrogen and oxygen atoms in total. The van der Waals surface area contributed by atoms with Crippen LogP contribution in [0.25, 0.3) is 10.9 Å². The summed E-state index contributed by atoms with van der Waals surface area (Å²) in [6, 6.07) is 7.52. The lowest BCUT2D eigenvalue weighted by Crippen LogP contribution is -2.50. The number of aromatic nitrogens is 1. The van der Waals surface area contributed by atoms with Crippen LogP contribution in [0.2, 0.25) is 0 Å². The number of rotatable bonds is 3. The van der Waals surface area contributed by atoms with Crippen LogP contribution >= 0.6 is 0 Å². The monoisotopic (exact) mass is 367 g/mol. The van der Waals surface area contributed by atoms with Gasteiger partial charge in [0.2, 0.25) is 5.91 Å². The summed E-state index contributed by atoms with van der Waals surface area (Å²) < 4.78 is 37.9. The van der Waals surface area contributed by atoms with E-state index >= 15 is 0 Å². The molecule has 1 atom stereocenters. The number of H-pyrrole nitrogens is 1. The van der Waals surface area contributed by atoms with Crippen molar-refractivity contribution in [3.05, 3.63) is 46.2 Å². The molecule has 26 heavy (non-hydrogen) atoms. The van der Waals surface area contributed by atoms with E-state index in [9.17, 15) is 27.6 Å².